The van der Waals surface area contributed by atoms with Crippen molar-refractivity contribution in [2.24, 2.45) is 11.8 Å². The van der Waals surface area contributed by atoms with Gasteiger partial charge >= 0.3 is 0 Å². The van der Waals surface area contributed by atoms with Crippen LogP contribution in [0.15, 0.2) is 0 Å². The number of hydrogen-bond acceptors (Lipinski definition) is 2. The van der Waals surface area contributed by atoms with E-state index in [1.54, 1.807) is 0 Å². The summed E-state index contributed by atoms with van der Waals surface area (Å²) in [4.78, 5) is 0. The lowest BCUT2D eigenvalue weighted by Crippen LogP contribution is -2.34. The molecule has 1 rings (SSSR count). The highest BCUT2D eigenvalue weighted by Crippen LogP contribution is 2.22. The van der Waals surface area contributed by atoms with Gasteiger partial charge in [-0.05, 0) is 24.7 Å². The van der Waals surface area contributed by atoms with Crippen molar-refractivity contribution in [2.75, 3.05) is 18.2 Å². The zero-order chi connectivity index (χ0) is 12.0. The smallest absolute Gasteiger partial charge is 0.211 e. The summed E-state index contributed by atoms with van der Waals surface area (Å²) in [5.41, 5.74) is 0. The standard InChI is InChI=1S/C11H22ClNO2S/c1-10(7-12)9-16(14,15)13-8-11-5-3-2-4-6-11/h10-11,13H,2-9H2,1H3. The molecule has 0 aliphatic heterocycles. The van der Waals surface area contributed by atoms with Crippen molar-refractivity contribution in [1.82, 2.24) is 4.72 Å². The number of alkyl halides is 1. The molecule has 1 aliphatic carbocycles. The number of sulfonamides is 1. The van der Waals surface area contributed by atoms with E-state index in [4.69, 9.17) is 11.6 Å². The Morgan fingerprint density at radius 2 is 1.94 bits per heavy atom. The largest absolute Gasteiger partial charge is 0.215 e. The Kier molecular flexibility index (Phi) is 6.08. The average molecular weight is 268 g/mol. The van der Waals surface area contributed by atoms with Gasteiger partial charge in [-0.25, -0.2) is 13.1 Å². The molecule has 1 fully saturated rings. The van der Waals surface area contributed by atoms with Gasteiger partial charge in [0.15, 0.2) is 0 Å². The Bertz CT molecular complexity index is 286. The second-order valence-corrected chi connectivity index (χ2v) is 7.05. The minimum absolute atomic E-state index is 0.0190. The van der Waals surface area contributed by atoms with E-state index in [1.165, 1.54) is 19.3 Å². The number of hydrogen-bond donors (Lipinski definition) is 1. The zero-order valence-corrected chi connectivity index (χ0v) is 11.5. The quantitative estimate of drug-likeness (QED) is 0.751. The summed E-state index contributed by atoms with van der Waals surface area (Å²) in [5, 5.41) is 0. The zero-order valence-electron chi connectivity index (χ0n) is 9.91. The van der Waals surface area contributed by atoms with Gasteiger partial charge in [0, 0.05) is 12.4 Å². The van der Waals surface area contributed by atoms with Gasteiger partial charge < -0.3 is 0 Å². The van der Waals surface area contributed by atoms with Crippen LogP contribution in [-0.2, 0) is 10.0 Å². The molecule has 1 N–H and O–H groups in total. The lowest BCUT2D eigenvalue weighted by atomic mass is 9.90. The molecule has 1 aliphatic rings. The van der Waals surface area contributed by atoms with Crippen LogP contribution in [0.4, 0.5) is 0 Å². The van der Waals surface area contributed by atoms with E-state index in [0.717, 1.165) is 12.8 Å². The lowest BCUT2D eigenvalue weighted by Gasteiger charge is -2.22. The van der Waals surface area contributed by atoms with Crippen LogP contribution in [0.1, 0.15) is 39.0 Å². The van der Waals surface area contributed by atoms with Crippen LogP contribution in [0.2, 0.25) is 0 Å². The Morgan fingerprint density at radius 3 is 2.50 bits per heavy atom. The highest BCUT2D eigenvalue weighted by molar-refractivity contribution is 7.89. The van der Waals surface area contributed by atoms with Crippen molar-refractivity contribution < 1.29 is 8.42 Å². The molecule has 0 saturated heterocycles. The van der Waals surface area contributed by atoms with Gasteiger partial charge in [-0.15, -0.1) is 11.6 Å². The summed E-state index contributed by atoms with van der Waals surface area (Å²) in [6.45, 7) is 2.46. The predicted octanol–water partition coefficient (Wildman–Crippen LogP) is 2.36. The Hall–Kier alpha value is 0.200. The SMILES string of the molecule is CC(CCl)CS(=O)(=O)NCC1CCCCC1. The van der Waals surface area contributed by atoms with Crippen LogP contribution in [0.5, 0.6) is 0 Å². The van der Waals surface area contributed by atoms with E-state index >= 15 is 0 Å². The fourth-order valence-corrected chi connectivity index (χ4v) is 3.83. The predicted molar refractivity (Wildman–Crippen MR) is 68.2 cm³/mol. The molecule has 0 spiro atoms. The first kappa shape index (κ1) is 14.3. The minimum Gasteiger partial charge on any atom is -0.215 e. The van der Waals surface area contributed by atoms with Crippen molar-refractivity contribution in [1.29, 1.82) is 0 Å². The molecule has 1 saturated carbocycles. The van der Waals surface area contributed by atoms with Crippen molar-refractivity contribution in [3.8, 4) is 0 Å². The molecule has 1 unspecified atom stereocenters. The Balaban J connectivity index is 2.29. The molecule has 0 heterocycles. The second-order valence-electron chi connectivity index (χ2n) is 4.89. The van der Waals surface area contributed by atoms with Gasteiger partial charge in [-0.2, -0.15) is 0 Å². The number of rotatable bonds is 6. The average Bonchev–Trinajstić information content (AvgIpc) is 2.27. The van der Waals surface area contributed by atoms with E-state index < -0.39 is 10.0 Å². The topological polar surface area (TPSA) is 46.2 Å². The summed E-state index contributed by atoms with van der Waals surface area (Å²) < 4.78 is 26.1. The van der Waals surface area contributed by atoms with Crippen molar-refractivity contribution in [3.05, 3.63) is 0 Å². The summed E-state index contributed by atoms with van der Waals surface area (Å²) in [7, 11) is -3.13. The summed E-state index contributed by atoms with van der Waals surface area (Å²) >= 11 is 5.61. The molecule has 0 radical (unpaired) electrons. The molecule has 0 bridgehead atoms. The maximum atomic E-state index is 11.7. The molecule has 1 atom stereocenters. The van der Waals surface area contributed by atoms with Crippen LogP contribution in [0.3, 0.4) is 0 Å². The Labute approximate surface area is 104 Å². The summed E-state index contributed by atoms with van der Waals surface area (Å²) in [6, 6.07) is 0. The van der Waals surface area contributed by atoms with Crippen molar-refractivity contribution >= 4 is 21.6 Å². The number of halogens is 1. The Morgan fingerprint density at radius 1 is 1.31 bits per heavy atom. The monoisotopic (exact) mass is 267 g/mol. The van der Waals surface area contributed by atoms with Gasteiger partial charge in [-0.3, -0.25) is 0 Å². The van der Waals surface area contributed by atoms with Crippen LogP contribution in [-0.4, -0.2) is 26.6 Å². The van der Waals surface area contributed by atoms with Gasteiger partial charge in [0.1, 0.15) is 0 Å². The molecular formula is C11H22ClNO2S. The molecule has 0 aromatic heterocycles. The van der Waals surface area contributed by atoms with E-state index in [2.05, 4.69) is 4.72 Å². The van der Waals surface area contributed by atoms with E-state index in [1.807, 2.05) is 6.92 Å². The molecule has 0 aromatic rings. The van der Waals surface area contributed by atoms with Gasteiger partial charge in [-0.1, -0.05) is 26.2 Å². The fraction of sp³-hybridized carbons (Fsp3) is 1.00. The minimum atomic E-state index is -3.13. The van der Waals surface area contributed by atoms with Crippen LogP contribution in [0, 0.1) is 11.8 Å². The number of nitrogens with one attached hydrogen (secondary N) is 1. The highest BCUT2D eigenvalue weighted by atomic mass is 35.5. The fourth-order valence-electron chi connectivity index (χ4n) is 2.11. The maximum absolute atomic E-state index is 11.7. The molecule has 96 valence electrons. The van der Waals surface area contributed by atoms with Gasteiger partial charge in [0.05, 0.1) is 5.75 Å². The normalized spacial score (nSPS) is 20.9. The highest BCUT2D eigenvalue weighted by Gasteiger charge is 2.18. The molecule has 3 nitrogen and oxygen atoms in total. The molecule has 16 heavy (non-hydrogen) atoms. The van der Waals surface area contributed by atoms with Gasteiger partial charge in [0.25, 0.3) is 0 Å². The second kappa shape index (κ2) is 6.82. The summed E-state index contributed by atoms with van der Waals surface area (Å²) in [5.74, 6) is 1.09. The van der Waals surface area contributed by atoms with Crippen LogP contribution < -0.4 is 4.72 Å². The molecule has 5 heteroatoms. The van der Waals surface area contributed by atoms with Crippen LogP contribution in [0.25, 0.3) is 0 Å². The molecule has 0 aromatic carbocycles. The van der Waals surface area contributed by atoms with Crippen molar-refractivity contribution in [3.63, 3.8) is 0 Å². The maximum Gasteiger partial charge on any atom is 0.211 e. The first-order chi connectivity index (χ1) is 7.53. The summed E-state index contributed by atoms with van der Waals surface area (Å²) in [6.07, 6.45) is 6.10. The third-order valence-corrected chi connectivity index (χ3v) is 5.23. The van der Waals surface area contributed by atoms with E-state index in [-0.39, 0.29) is 11.7 Å². The van der Waals surface area contributed by atoms with Crippen molar-refractivity contribution in [2.45, 2.75) is 39.0 Å². The van der Waals surface area contributed by atoms with Crippen LogP contribution >= 0.6 is 11.6 Å². The third kappa shape index (κ3) is 5.51. The third-order valence-electron chi connectivity index (χ3n) is 3.08. The molecule has 0 amide bonds. The first-order valence-electron chi connectivity index (χ1n) is 6.07. The first-order valence-corrected chi connectivity index (χ1v) is 8.25. The lowest BCUT2D eigenvalue weighted by molar-refractivity contribution is 0.357. The molecular weight excluding hydrogens is 246 g/mol. The van der Waals surface area contributed by atoms with E-state index in [9.17, 15) is 8.42 Å². The van der Waals surface area contributed by atoms with E-state index in [0.29, 0.717) is 18.3 Å². The van der Waals surface area contributed by atoms with Gasteiger partial charge in [0.2, 0.25) is 10.0 Å².